The summed E-state index contributed by atoms with van der Waals surface area (Å²) in [6.45, 7) is 0. The Balaban J connectivity index is 3.38. The molecule has 0 amide bonds. The number of carbonyl (C=O) groups is 1. The van der Waals surface area contributed by atoms with E-state index in [0.717, 1.165) is 0 Å². The summed E-state index contributed by atoms with van der Waals surface area (Å²) in [5, 5.41) is 18.0. The highest BCUT2D eigenvalue weighted by molar-refractivity contribution is 9.10. The van der Waals surface area contributed by atoms with Gasteiger partial charge in [0.25, 0.3) is 0 Å². The van der Waals surface area contributed by atoms with Crippen LogP contribution >= 0.6 is 27.5 Å². The molecule has 12 heavy (non-hydrogen) atoms. The summed E-state index contributed by atoms with van der Waals surface area (Å²) in [5.41, 5.74) is -0.181. The topological polar surface area (TPSA) is 57.5 Å². The Morgan fingerprint density at radius 2 is 2.08 bits per heavy atom. The number of rotatable bonds is 1. The summed E-state index contributed by atoms with van der Waals surface area (Å²) in [7, 11) is 0. The quantitative estimate of drug-likeness (QED) is 0.806. The molecule has 64 valence electrons. The summed E-state index contributed by atoms with van der Waals surface area (Å²) in [6, 6.07) is 2.58. The molecule has 0 spiro atoms. The van der Waals surface area contributed by atoms with Gasteiger partial charge in [-0.05, 0) is 28.1 Å². The van der Waals surface area contributed by atoms with E-state index in [1.165, 1.54) is 12.1 Å². The first-order chi connectivity index (χ1) is 5.52. The van der Waals surface area contributed by atoms with Crippen molar-refractivity contribution in [3.8, 4) is 5.75 Å². The number of carboxylic acid groups (broad SMARTS) is 1. The number of halogens is 2. The van der Waals surface area contributed by atoms with E-state index in [9.17, 15) is 4.79 Å². The summed E-state index contributed by atoms with van der Waals surface area (Å²) in [5.74, 6) is -1.54. The molecule has 1 aromatic rings. The van der Waals surface area contributed by atoms with Gasteiger partial charge in [0.05, 0.1) is 0 Å². The molecular formula is C7H4BrClO3. The molecule has 0 bridgehead atoms. The molecule has 0 fully saturated rings. The molecule has 2 N–H and O–H groups in total. The van der Waals surface area contributed by atoms with Gasteiger partial charge in [-0.15, -0.1) is 0 Å². The molecule has 3 nitrogen and oxygen atoms in total. The second-order valence-corrected chi connectivity index (χ2v) is 3.38. The van der Waals surface area contributed by atoms with Crippen molar-refractivity contribution in [2.45, 2.75) is 0 Å². The first-order valence-electron chi connectivity index (χ1n) is 2.93. The van der Waals surface area contributed by atoms with Gasteiger partial charge < -0.3 is 10.2 Å². The number of aromatic hydroxyl groups is 1. The Morgan fingerprint density at radius 3 is 2.50 bits per heavy atom. The average molecular weight is 251 g/mol. The van der Waals surface area contributed by atoms with Crippen LogP contribution in [0.25, 0.3) is 0 Å². The van der Waals surface area contributed by atoms with E-state index in [2.05, 4.69) is 15.9 Å². The highest BCUT2D eigenvalue weighted by Gasteiger charge is 2.14. The van der Waals surface area contributed by atoms with E-state index in [-0.39, 0.29) is 20.8 Å². The van der Waals surface area contributed by atoms with E-state index < -0.39 is 5.97 Å². The first kappa shape index (κ1) is 9.35. The molecule has 0 unspecified atom stereocenters. The van der Waals surface area contributed by atoms with E-state index in [1.54, 1.807) is 0 Å². The van der Waals surface area contributed by atoms with Gasteiger partial charge in [-0.25, -0.2) is 4.79 Å². The van der Waals surface area contributed by atoms with Crippen molar-refractivity contribution in [1.82, 2.24) is 0 Å². The second-order valence-electron chi connectivity index (χ2n) is 2.09. The van der Waals surface area contributed by atoms with Crippen molar-refractivity contribution < 1.29 is 15.0 Å². The first-order valence-corrected chi connectivity index (χ1v) is 4.10. The minimum atomic E-state index is -1.20. The number of hydrogen-bond donors (Lipinski definition) is 2. The number of carboxylic acids is 1. The van der Waals surface area contributed by atoms with Crippen LogP contribution in [0, 0.1) is 0 Å². The Labute approximate surface area is 81.7 Å². The maximum Gasteiger partial charge on any atom is 0.340 e. The molecule has 0 aromatic heterocycles. The van der Waals surface area contributed by atoms with Gasteiger partial charge >= 0.3 is 5.97 Å². The lowest BCUT2D eigenvalue weighted by atomic mass is 10.2. The summed E-state index contributed by atoms with van der Waals surface area (Å²) >= 11 is 8.52. The van der Waals surface area contributed by atoms with Crippen LogP contribution in [-0.2, 0) is 0 Å². The fraction of sp³-hybridized carbons (Fsp3) is 0. The van der Waals surface area contributed by atoms with Gasteiger partial charge in [0.2, 0.25) is 0 Å². The van der Waals surface area contributed by atoms with Crippen molar-refractivity contribution in [2.75, 3.05) is 0 Å². The van der Waals surface area contributed by atoms with Crippen LogP contribution < -0.4 is 0 Å². The molecule has 1 rings (SSSR count). The predicted molar refractivity (Wildman–Crippen MR) is 47.8 cm³/mol. The molecule has 1 aromatic carbocycles. The fourth-order valence-corrected chi connectivity index (χ4v) is 1.74. The maximum absolute atomic E-state index is 10.5. The van der Waals surface area contributed by atoms with Crippen LogP contribution in [0.1, 0.15) is 10.4 Å². The van der Waals surface area contributed by atoms with Gasteiger partial charge in [0.1, 0.15) is 11.3 Å². The van der Waals surface area contributed by atoms with Crippen LogP contribution in [0.15, 0.2) is 16.6 Å². The van der Waals surface area contributed by atoms with Gasteiger partial charge in [-0.1, -0.05) is 11.6 Å². The van der Waals surface area contributed by atoms with Crippen LogP contribution in [0.4, 0.5) is 0 Å². The molecular weight excluding hydrogens is 247 g/mol. The minimum Gasteiger partial charge on any atom is -0.507 e. The largest absolute Gasteiger partial charge is 0.507 e. The number of phenols is 1. The second kappa shape index (κ2) is 3.33. The third-order valence-electron chi connectivity index (χ3n) is 1.25. The van der Waals surface area contributed by atoms with E-state index in [1.807, 2.05) is 0 Å². The monoisotopic (exact) mass is 250 g/mol. The minimum absolute atomic E-state index is 0.181. The summed E-state index contributed by atoms with van der Waals surface area (Å²) in [4.78, 5) is 10.5. The SMILES string of the molecule is O=C(O)c1c(O)cc(Cl)cc1Br. The Morgan fingerprint density at radius 1 is 1.50 bits per heavy atom. The van der Waals surface area contributed by atoms with Crippen LogP contribution in [0.3, 0.4) is 0 Å². The fourth-order valence-electron chi connectivity index (χ4n) is 0.772. The van der Waals surface area contributed by atoms with Crippen LogP contribution in [0.2, 0.25) is 5.02 Å². The van der Waals surface area contributed by atoms with Gasteiger partial charge in [0.15, 0.2) is 0 Å². The molecule has 5 heteroatoms. The van der Waals surface area contributed by atoms with Crippen molar-refractivity contribution in [1.29, 1.82) is 0 Å². The summed E-state index contributed by atoms with van der Waals surface area (Å²) in [6.07, 6.45) is 0. The Bertz CT molecular complexity index is 314. The van der Waals surface area contributed by atoms with Crippen molar-refractivity contribution in [3.05, 3.63) is 27.2 Å². The van der Waals surface area contributed by atoms with Gasteiger partial charge in [-0.2, -0.15) is 0 Å². The third kappa shape index (κ3) is 1.70. The standard InChI is InChI=1S/C7H4BrClO3/c8-4-1-3(9)2-5(10)6(4)7(11)12/h1-2,10H,(H,11,12). The molecule has 0 aliphatic heterocycles. The van der Waals surface area contributed by atoms with Crippen LogP contribution in [-0.4, -0.2) is 16.2 Å². The zero-order chi connectivity index (χ0) is 9.30. The number of aromatic carboxylic acids is 1. The molecule has 0 aliphatic carbocycles. The Kier molecular flexibility index (Phi) is 2.59. The van der Waals surface area contributed by atoms with Crippen molar-refractivity contribution in [3.63, 3.8) is 0 Å². The molecule has 0 heterocycles. The van der Waals surface area contributed by atoms with Crippen molar-refractivity contribution in [2.24, 2.45) is 0 Å². The molecule has 0 radical (unpaired) electrons. The molecule has 0 aliphatic rings. The zero-order valence-electron chi connectivity index (χ0n) is 5.71. The smallest absolute Gasteiger partial charge is 0.340 e. The lowest BCUT2D eigenvalue weighted by Gasteiger charge is -2.02. The van der Waals surface area contributed by atoms with Crippen molar-refractivity contribution >= 4 is 33.5 Å². The highest BCUT2D eigenvalue weighted by Crippen LogP contribution is 2.29. The average Bonchev–Trinajstić information content (AvgIpc) is 1.82. The van der Waals surface area contributed by atoms with Crippen LogP contribution in [0.5, 0.6) is 5.75 Å². The predicted octanol–water partition coefficient (Wildman–Crippen LogP) is 2.51. The number of hydrogen-bond acceptors (Lipinski definition) is 2. The lowest BCUT2D eigenvalue weighted by Crippen LogP contribution is -1.97. The zero-order valence-corrected chi connectivity index (χ0v) is 8.06. The van der Waals surface area contributed by atoms with Gasteiger partial charge in [0, 0.05) is 9.50 Å². The lowest BCUT2D eigenvalue weighted by molar-refractivity contribution is 0.0692. The maximum atomic E-state index is 10.5. The van der Waals surface area contributed by atoms with E-state index in [0.29, 0.717) is 0 Å². The summed E-state index contributed by atoms with van der Waals surface area (Å²) < 4.78 is 0.264. The Hall–Kier alpha value is -0.740. The molecule has 0 saturated heterocycles. The normalized spacial score (nSPS) is 9.83. The van der Waals surface area contributed by atoms with E-state index in [4.69, 9.17) is 21.8 Å². The number of benzene rings is 1. The highest BCUT2D eigenvalue weighted by atomic mass is 79.9. The van der Waals surface area contributed by atoms with Gasteiger partial charge in [-0.3, -0.25) is 0 Å². The molecule has 0 saturated carbocycles. The third-order valence-corrected chi connectivity index (χ3v) is 2.09. The van der Waals surface area contributed by atoms with E-state index >= 15 is 0 Å². The molecule has 0 atom stereocenters.